The number of aromatic nitrogens is 1. The Hall–Kier alpha value is -7.10. The number of aliphatic hydroxyl groups is 1. The molecule has 3 aromatic rings. The molecule has 0 fully saturated rings. The molecule has 2 heterocycles. The van der Waals surface area contributed by atoms with Crippen LogP contribution in [0.15, 0.2) is 72.9 Å². The number of Topliss-reactive ketones (excluding diaryl/α,β-unsaturated/α-hetero) is 2. The SMILES string of the molecule is C[C@H](CC(=O)[C@H](C)NC(=O)CN1C(=O)C=CC1=O)C(=O)N[C@@H](CC(N)=O)C(=O)CCCCN(C(=O)CO)[C@@H](c1cc(-c2cc(F)ccc2F)cn1Cc1ccccc1)C(C)(C)C.O=C(O)C(F)(F)F. The molecule has 4 atom stereocenters. The first-order valence-corrected chi connectivity index (χ1v) is 21.5. The van der Waals surface area contributed by atoms with Gasteiger partial charge in [-0.05, 0) is 55.0 Å². The van der Waals surface area contributed by atoms with Crippen LogP contribution in [-0.4, -0.2) is 116 Å². The molecule has 22 heteroatoms. The maximum atomic E-state index is 15.1. The second-order valence-corrected chi connectivity index (χ2v) is 17.3. The molecule has 0 unspecified atom stereocenters. The van der Waals surface area contributed by atoms with Crippen LogP contribution in [0.4, 0.5) is 22.0 Å². The lowest BCUT2D eigenvalue weighted by atomic mass is 9.82. The number of halogens is 5. The molecule has 374 valence electrons. The van der Waals surface area contributed by atoms with Crippen molar-refractivity contribution in [2.24, 2.45) is 17.1 Å². The number of nitrogens with one attached hydrogen (secondary N) is 2. The number of rotatable bonds is 22. The van der Waals surface area contributed by atoms with Crippen LogP contribution in [0.3, 0.4) is 0 Å². The Bertz CT molecular complexity index is 2400. The lowest BCUT2D eigenvalue weighted by Crippen LogP contribution is -2.47. The highest BCUT2D eigenvalue weighted by molar-refractivity contribution is 6.14. The fraction of sp³-hybridized carbons (Fsp3) is 0.426. The van der Waals surface area contributed by atoms with Gasteiger partial charge in [-0.3, -0.25) is 43.3 Å². The molecule has 0 saturated carbocycles. The number of unbranched alkanes of at least 4 members (excludes halogenated alkanes) is 1. The third kappa shape index (κ3) is 16.9. The van der Waals surface area contributed by atoms with Crippen LogP contribution in [-0.2, 0) is 49.7 Å². The number of ketones is 2. The van der Waals surface area contributed by atoms with Crippen molar-refractivity contribution in [2.45, 2.75) is 97.6 Å². The summed E-state index contributed by atoms with van der Waals surface area (Å²) in [5.74, 6) is -10.4. The largest absolute Gasteiger partial charge is 0.490 e. The number of primary amides is 1. The van der Waals surface area contributed by atoms with Crippen molar-refractivity contribution in [1.29, 1.82) is 0 Å². The Balaban J connectivity index is 0.00000167. The van der Waals surface area contributed by atoms with Crippen LogP contribution in [0.2, 0.25) is 0 Å². The van der Waals surface area contributed by atoms with Crippen molar-refractivity contribution in [3.8, 4) is 11.1 Å². The normalized spacial score (nSPS) is 14.2. The Kier molecular flexibility index (Phi) is 20.2. The molecule has 0 bridgehead atoms. The lowest BCUT2D eigenvalue weighted by Gasteiger charge is -2.41. The molecule has 6 N–H and O–H groups in total. The summed E-state index contributed by atoms with van der Waals surface area (Å²) in [6.45, 7) is 7.50. The maximum Gasteiger partial charge on any atom is 0.490 e. The Morgan fingerprint density at radius 1 is 0.841 bits per heavy atom. The van der Waals surface area contributed by atoms with Gasteiger partial charge in [0.05, 0.1) is 24.5 Å². The summed E-state index contributed by atoms with van der Waals surface area (Å²) in [5, 5.41) is 22.2. The van der Waals surface area contributed by atoms with Crippen LogP contribution >= 0.6 is 0 Å². The average Bonchev–Trinajstić information content (AvgIpc) is 3.81. The van der Waals surface area contributed by atoms with E-state index in [1.165, 1.54) is 18.7 Å². The minimum absolute atomic E-state index is 0.0339. The molecule has 0 radical (unpaired) electrons. The number of nitrogens with two attached hydrogens (primary N) is 1. The summed E-state index contributed by atoms with van der Waals surface area (Å²) in [7, 11) is 0. The van der Waals surface area contributed by atoms with E-state index < -0.39 is 120 Å². The highest BCUT2D eigenvalue weighted by atomic mass is 19.4. The van der Waals surface area contributed by atoms with Crippen molar-refractivity contribution in [2.75, 3.05) is 19.7 Å². The minimum Gasteiger partial charge on any atom is -0.475 e. The number of carboxylic acids is 1. The van der Waals surface area contributed by atoms with Gasteiger partial charge >= 0.3 is 12.1 Å². The van der Waals surface area contributed by atoms with E-state index >= 15 is 4.39 Å². The van der Waals surface area contributed by atoms with Crippen molar-refractivity contribution in [1.82, 2.24) is 25.0 Å². The van der Waals surface area contributed by atoms with E-state index in [0.29, 0.717) is 22.7 Å². The monoisotopic (exact) mass is 974 g/mol. The molecule has 69 heavy (non-hydrogen) atoms. The van der Waals surface area contributed by atoms with E-state index in [4.69, 9.17) is 15.6 Å². The number of carboxylic acid groups (broad SMARTS) is 1. The third-order valence-electron chi connectivity index (χ3n) is 10.7. The van der Waals surface area contributed by atoms with Gasteiger partial charge in [-0.1, -0.05) is 58.0 Å². The predicted octanol–water partition coefficient (Wildman–Crippen LogP) is 4.15. The molecule has 2 aromatic carbocycles. The Morgan fingerprint density at radius 2 is 1.45 bits per heavy atom. The van der Waals surface area contributed by atoms with Crippen LogP contribution in [0.1, 0.15) is 84.0 Å². The van der Waals surface area contributed by atoms with Crippen molar-refractivity contribution in [3.05, 3.63) is 95.8 Å². The first kappa shape index (κ1) is 56.2. The van der Waals surface area contributed by atoms with Crippen molar-refractivity contribution >= 4 is 53.0 Å². The fourth-order valence-electron chi connectivity index (χ4n) is 7.29. The lowest BCUT2D eigenvalue weighted by molar-refractivity contribution is -0.192. The second kappa shape index (κ2) is 24.8. The molecule has 4 rings (SSSR count). The molecule has 1 aliphatic heterocycles. The van der Waals surface area contributed by atoms with Gasteiger partial charge in [0.1, 0.15) is 24.8 Å². The summed E-state index contributed by atoms with van der Waals surface area (Å²) in [6.07, 6.45) is -1.92. The number of aliphatic carboxylic acids is 1. The van der Waals surface area contributed by atoms with Gasteiger partial charge in [0.15, 0.2) is 11.6 Å². The Morgan fingerprint density at radius 3 is 2.00 bits per heavy atom. The summed E-state index contributed by atoms with van der Waals surface area (Å²) in [6, 6.07) is 11.2. The number of carbonyl (C=O) groups excluding carboxylic acids is 8. The van der Waals surface area contributed by atoms with Gasteiger partial charge in [0.25, 0.3) is 11.8 Å². The zero-order valence-corrected chi connectivity index (χ0v) is 38.5. The smallest absolute Gasteiger partial charge is 0.475 e. The standard InChI is InChI=1S/C45H54F2N6O9.C2HF3O2/c1-27(19-37(56)28(2)49-39(58)25-53-40(59)16-17-41(53)60)44(62)50-34(22-38(48)57)36(55)13-9-10-18-52(42(61)26-54)43(45(3,4)5)35-20-30(32-21-31(46)14-15-33(32)47)24-51(35)23-29-11-7-6-8-12-29;3-2(4,5)1(6)7/h6-8,11-12,14-17,20-21,24,27-28,34,43,54H,9-10,13,18-19,22-23,25-26H2,1-5H3,(H2,48,57)(H,49,58)(H,50,62);(H,6,7)/t27-,28+,34+,43+;/m1./s1. The number of amides is 6. The zero-order chi connectivity index (χ0) is 52.0. The minimum atomic E-state index is -5.08. The summed E-state index contributed by atoms with van der Waals surface area (Å²) in [5.41, 5.74) is 6.67. The van der Waals surface area contributed by atoms with Gasteiger partial charge in [0.2, 0.25) is 23.6 Å². The number of alkyl halides is 3. The van der Waals surface area contributed by atoms with E-state index in [2.05, 4.69) is 10.6 Å². The second-order valence-electron chi connectivity index (χ2n) is 17.3. The number of benzene rings is 2. The Labute approximate surface area is 393 Å². The van der Waals surface area contributed by atoms with Crippen molar-refractivity contribution in [3.63, 3.8) is 0 Å². The van der Waals surface area contributed by atoms with Gasteiger partial charge in [-0.25, -0.2) is 13.6 Å². The van der Waals surface area contributed by atoms with Crippen LogP contribution in [0, 0.1) is 23.0 Å². The van der Waals surface area contributed by atoms with Crippen LogP contribution in [0.25, 0.3) is 11.1 Å². The molecule has 0 aliphatic carbocycles. The van der Waals surface area contributed by atoms with E-state index in [1.54, 1.807) is 12.3 Å². The molecule has 6 amide bonds. The molecule has 17 nitrogen and oxygen atoms in total. The number of nitrogens with zero attached hydrogens (tertiary/aromatic N) is 3. The molecule has 1 aliphatic rings. The molecule has 0 spiro atoms. The quantitative estimate of drug-likeness (QED) is 0.0543. The van der Waals surface area contributed by atoms with E-state index in [0.717, 1.165) is 35.9 Å². The van der Waals surface area contributed by atoms with E-state index in [-0.39, 0.29) is 37.8 Å². The number of imide groups is 1. The van der Waals surface area contributed by atoms with Gasteiger partial charge in [0, 0.05) is 67.0 Å². The number of hydrogen-bond acceptors (Lipinski definition) is 10. The first-order chi connectivity index (χ1) is 32.1. The molecular formula is C47H55F5N6O11. The highest BCUT2D eigenvalue weighted by Crippen LogP contribution is 2.41. The highest BCUT2D eigenvalue weighted by Gasteiger charge is 2.39. The van der Waals surface area contributed by atoms with E-state index in [1.807, 2.05) is 55.7 Å². The predicted molar refractivity (Wildman–Crippen MR) is 237 cm³/mol. The fourth-order valence-corrected chi connectivity index (χ4v) is 7.29. The van der Waals surface area contributed by atoms with Crippen molar-refractivity contribution < 1.29 is 75.3 Å². The number of hydrogen-bond donors (Lipinski definition) is 5. The van der Waals surface area contributed by atoms with Crippen LogP contribution in [0.5, 0.6) is 0 Å². The average molecular weight is 975 g/mol. The zero-order valence-electron chi connectivity index (χ0n) is 38.5. The topological polar surface area (TPSA) is 256 Å². The third-order valence-corrected chi connectivity index (χ3v) is 10.7. The first-order valence-electron chi connectivity index (χ1n) is 21.5. The number of carbonyl (C=O) groups is 9. The van der Waals surface area contributed by atoms with Gasteiger partial charge < -0.3 is 36.0 Å². The van der Waals surface area contributed by atoms with Crippen LogP contribution < -0.4 is 16.4 Å². The summed E-state index contributed by atoms with van der Waals surface area (Å²) < 4.78 is 63.1. The number of aliphatic hydroxyl groups excluding tert-OH is 1. The van der Waals surface area contributed by atoms with E-state index in [9.17, 15) is 61.0 Å². The van der Waals surface area contributed by atoms with Gasteiger partial charge in [-0.2, -0.15) is 13.2 Å². The summed E-state index contributed by atoms with van der Waals surface area (Å²) >= 11 is 0. The molecule has 0 saturated heterocycles. The summed E-state index contributed by atoms with van der Waals surface area (Å²) in [4.78, 5) is 112. The maximum absolute atomic E-state index is 15.1. The molecular weight excluding hydrogens is 920 g/mol. The molecule has 1 aromatic heterocycles. The van der Waals surface area contributed by atoms with Gasteiger partial charge in [-0.15, -0.1) is 0 Å².